The van der Waals surface area contributed by atoms with E-state index < -0.39 is 0 Å². The number of furan rings is 1. The number of para-hydroxylation sites is 3. The van der Waals surface area contributed by atoms with Crippen molar-refractivity contribution < 1.29 is 4.42 Å². The molecule has 2 heterocycles. The lowest BCUT2D eigenvalue weighted by molar-refractivity contribution is 0.672. The summed E-state index contributed by atoms with van der Waals surface area (Å²) in [5.74, 6) is 0. The van der Waals surface area contributed by atoms with Crippen LogP contribution in [0.25, 0.3) is 126 Å². The van der Waals surface area contributed by atoms with Gasteiger partial charge in [-0.05, 0) is 139 Å². The summed E-state index contributed by atoms with van der Waals surface area (Å²) < 4.78 is 9.02. The third kappa shape index (κ3) is 7.12. The monoisotopic (exact) mass is 954 g/mol. The molecule has 13 aromatic carbocycles. The fourth-order valence-electron chi connectivity index (χ4n) is 11.8. The summed E-state index contributed by atoms with van der Waals surface area (Å²) in [5, 5.41) is 12.0. The van der Waals surface area contributed by atoms with Gasteiger partial charge in [0.15, 0.2) is 0 Å². The van der Waals surface area contributed by atoms with Crippen molar-refractivity contribution in [3.05, 3.63) is 279 Å². The number of hydrogen-bond acceptors (Lipinski definition) is 2. The zero-order valence-electron chi connectivity index (χ0n) is 40.9. The van der Waals surface area contributed by atoms with Crippen LogP contribution in [-0.4, -0.2) is 4.57 Å². The van der Waals surface area contributed by atoms with Gasteiger partial charge < -0.3 is 13.9 Å². The number of nitrogens with zero attached hydrogens (tertiary/aromatic N) is 2. The van der Waals surface area contributed by atoms with Gasteiger partial charge in [-0.25, -0.2) is 0 Å². The molecule has 0 radical (unpaired) electrons. The van der Waals surface area contributed by atoms with Crippen molar-refractivity contribution in [2.75, 3.05) is 4.90 Å². The summed E-state index contributed by atoms with van der Waals surface area (Å²) in [4.78, 5) is 2.46. The highest BCUT2D eigenvalue weighted by Gasteiger charge is 2.23. The van der Waals surface area contributed by atoms with Crippen molar-refractivity contribution >= 4 is 93.1 Å². The van der Waals surface area contributed by atoms with Crippen LogP contribution in [-0.2, 0) is 0 Å². The maximum atomic E-state index is 6.63. The molecule has 350 valence electrons. The van der Waals surface area contributed by atoms with Crippen molar-refractivity contribution in [3.8, 4) is 50.2 Å². The topological polar surface area (TPSA) is 21.3 Å². The average molecular weight is 955 g/mol. The van der Waals surface area contributed by atoms with Crippen LogP contribution in [0.4, 0.5) is 17.1 Å². The number of fused-ring (bicyclic) bond motifs is 11. The lowest BCUT2D eigenvalue weighted by Gasteiger charge is -2.30. The molecule has 75 heavy (non-hydrogen) atoms. The van der Waals surface area contributed by atoms with Gasteiger partial charge in [0.1, 0.15) is 11.2 Å². The Labute approximate surface area is 434 Å². The Hall–Kier alpha value is -9.96. The number of aromatic nitrogens is 1. The Morgan fingerprint density at radius 1 is 0.280 bits per heavy atom. The molecule has 15 rings (SSSR count). The summed E-state index contributed by atoms with van der Waals surface area (Å²) in [7, 11) is 0. The van der Waals surface area contributed by atoms with Gasteiger partial charge in [-0.3, -0.25) is 0 Å². The normalized spacial score (nSPS) is 11.7. The molecule has 0 atom stereocenters. The molecule has 0 spiro atoms. The molecule has 15 aromatic rings. The molecule has 0 N–H and O–H groups in total. The summed E-state index contributed by atoms with van der Waals surface area (Å²) in [6, 6.07) is 102. The Morgan fingerprint density at radius 2 is 0.840 bits per heavy atom. The summed E-state index contributed by atoms with van der Waals surface area (Å²) in [6.45, 7) is 0. The smallest absolute Gasteiger partial charge is 0.143 e. The van der Waals surface area contributed by atoms with Gasteiger partial charge in [-0.1, -0.05) is 200 Å². The van der Waals surface area contributed by atoms with Crippen molar-refractivity contribution in [2.24, 2.45) is 0 Å². The van der Waals surface area contributed by atoms with E-state index in [0.717, 1.165) is 89.0 Å². The van der Waals surface area contributed by atoms with E-state index in [1.54, 1.807) is 0 Å². The first-order chi connectivity index (χ1) is 37.2. The number of rotatable bonds is 8. The van der Waals surface area contributed by atoms with Crippen LogP contribution >= 0.6 is 0 Å². The molecule has 0 aliphatic rings. The minimum Gasteiger partial charge on any atom is -0.455 e. The van der Waals surface area contributed by atoms with Gasteiger partial charge in [-0.15, -0.1) is 0 Å². The Kier molecular flexibility index (Phi) is 9.89. The van der Waals surface area contributed by atoms with E-state index in [9.17, 15) is 0 Å². The fourth-order valence-corrected chi connectivity index (χ4v) is 11.8. The zero-order valence-corrected chi connectivity index (χ0v) is 40.9. The van der Waals surface area contributed by atoms with Crippen molar-refractivity contribution in [3.63, 3.8) is 0 Å². The Balaban J connectivity index is 0.902. The Morgan fingerprint density at radius 3 is 1.65 bits per heavy atom. The van der Waals surface area contributed by atoms with Crippen LogP contribution in [0.15, 0.2) is 283 Å². The zero-order chi connectivity index (χ0) is 49.4. The third-order valence-corrected chi connectivity index (χ3v) is 15.4. The maximum absolute atomic E-state index is 6.63. The highest BCUT2D eigenvalue weighted by molar-refractivity contribution is 6.16. The van der Waals surface area contributed by atoms with Crippen LogP contribution in [0.1, 0.15) is 0 Å². The lowest BCUT2D eigenvalue weighted by atomic mass is 9.93. The van der Waals surface area contributed by atoms with Gasteiger partial charge in [0.05, 0.1) is 22.4 Å². The highest BCUT2D eigenvalue weighted by atomic mass is 16.3. The minimum atomic E-state index is 0.876. The van der Waals surface area contributed by atoms with Gasteiger partial charge in [-0.2, -0.15) is 0 Å². The minimum absolute atomic E-state index is 0.876. The van der Waals surface area contributed by atoms with Crippen molar-refractivity contribution in [2.45, 2.75) is 0 Å². The molecule has 3 heteroatoms. The summed E-state index contributed by atoms with van der Waals surface area (Å²) >= 11 is 0. The van der Waals surface area contributed by atoms with E-state index in [4.69, 9.17) is 4.42 Å². The Bertz CT molecular complexity index is 4660. The van der Waals surface area contributed by atoms with E-state index in [1.807, 2.05) is 0 Å². The predicted molar refractivity (Wildman–Crippen MR) is 317 cm³/mol. The average Bonchev–Trinajstić information content (AvgIpc) is 4.04. The molecule has 3 nitrogen and oxygen atoms in total. The lowest BCUT2D eigenvalue weighted by Crippen LogP contribution is -2.12. The highest BCUT2D eigenvalue weighted by Crippen LogP contribution is 2.48. The van der Waals surface area contributed by atoms with Gasteiger partial charge in [0, 0.05) is 49.4 Å². The second kappa shape index (κ2) is 17.4. The standard InChI is InChI=1S/C72H46N2O/c1-2-15-48(16-3-1)65-45-53(52-34-39-59-54(43-52)30-29-49-17-4-6-21-58(49)59)35-41-70(65)73(67-26-11-8-22-60(67)55-36-42-71-66(46-55)64-40-33-50-18-5-7-23-61(50)72(64)75-71)56-37-31-47(32-38-56)51-19-14-20-57(44-51)74-68-27-12-9-24-62(68)63-25-10-13-28-69(63)74/h1-46H. The van der Waals surface area contributed by atoms with E-state index in [1.165, 1.54) is 54.3 Å². The molecule has 0 unspecified atom stereocenters. The second-order valence-electron chi connectivity index (χ2n) is 19.6. The third-order valence-electron chi connectivity index (χ3n) is 15.4. The number of anilines is 3. The second-order valence-corrected chi connectivity index (χ2v) is 19.6. The number of benzene rings is 13. The van der Waals surface area contributed by atoms with E-state index >= 15 is 0 Å². The molecule has 0 bridgehead atoms. The van der Waals surface area contributed by atoms with Crippen LogP contribution < -0.4 is 4.90 Å². The molecule has 0 amide bonds. The molecular weight excluding hydrogens is 909 g/mol. The molecule has 0 fully saturated rings. The first-order valence-corrected chi connectivity index (χ1v) is 25.7. The fraction of sp³-hybridized carbons (Fsp3) is 0. The van der Waals surface area contributed by atoms with E-state index in [0.29, 0.717) is 0 Å². The largest absolute Gasteiger partial charge is 0.455 e. The van der Waals surface area contributed by atoms with E-state index in [-0.39, 0.29) is 0 Å². The SMILES string of the molecule is c1ccc(-c2cc(-c3ccc4c(ccc5ccccc54)c3)ccc2N(c2ccc(-c3cccc(-n4c5ccccc5c5ccccc54)c3)cc2)c2ccccc2-c2ccc3oc4c5ccccc5ccc4c3c2)cc1. The van der Waals surface area contributed by atoms with Crippen LogP contribution in [0, 0.1) is 0 Å². The number of hydrogen-bond donors (Lipinski definition) is 0. The van der Waals surface area contributed by atoms with Crippen molar-refractivity contribution in [1.82, 2.24) is 4.57 Å². The molecule has 2 aromatic heterocycles. The molecule has 0 saturated carbocycles. The predicted octanol–water partition coefficient (Wildman–Crippen LogP) is 20.3. The quantitative estimate of drug-likeness (QED) is 0.142. The van der Waals surface area contributed by atoms with Crippen LogP contribution in [0.5, 0.6) is 0 Å². The van der Waals surface area contributed by atoms with Crippen LogP contribution in [0.2, 0.25) is 0 Å². The molecule has 0 aliphatic carbocycles. The van der Waals surface area contributed by atoms with E-state index in [2.05, 4.69) is 289 Å². The first kappa shape index (κ1) is 42.7. The van der Waals surface area contributed by atoms with Gasteiger partial charge in [0.2, 0.25) is 0 Å². The molecule has 0 aliphatic heterocycles. The van der Waals surface area contributed by atoms with Crippen molar-refractivity contribution in [1.29, 1.82) is 0 Å². The summed E-state index contributed by atoms with van der Waals surface area (Å²) in [6.07, 6.45) is 0. The van der Waals surface area contributed by atoms with Gasteiger partial charge >= 0.3 is 0 Å². The van der Waals surface area contributed by atoms with Crippen LogP contribution in [0.3, 0.4) is 0 Å². The summed E-state index contributed by atoms with van der Waals surface area (Å²) in [5.41, 5.74) is 17.6. The molecular formula is C72H46N2O. The maximum Gasteiger partial charge on any atom is 0.143 e. The molecule has 0 saturated heterocycles. The van der Waals surface area contributed by atoms with Gasteiger partial charge in [0.25, 0.3) is 0 Å². The first-order valence-electron chi connectivity index (χ1n) is 25.7.